The van der Waals surface area contributed by atoms with E-state index in [1.807, 2.05) is 6.08 Å². The molecule has 0 aliphatic heterocycles. The van der Waals surface area contributed by atoms with E-state index in [2.05, 4.69) is 79.9 Å². The lowest BCUT2D eigenvalue weighted by atomic mass is 10.0. The number of nitrogens with one attached hydrogen (secondary N) is 1. The third kappa shape index (κ3) is 52.8. The molecule has 1 amide bonds. The largest absolute Gasteiger partial charge is 0.394 e. The topological polar surface area (TPSA) is 69.6 Å². The van der Waals surface area contributed by atoms with Crippen molar-refractivity contribution in [2.75, 3.05) is 6.61 Å². The van der Waals surface area contributed by atoms with Crippen LogP contribution in [-0.2, 0) is 4.79 Å². The van der Waals surface area contributed by atoms with Crippen molar-refractivity contribution >= 4 is 5.91 Å². The molecule has 2 atom stereocenters. The Hall–Kier alpha value is -2.17. The molecule has 0 saturated heterocycles. The molecular weight excluding hydrogens is 807 g/mol. The van der Waals surface area contributed by atoms with Gasteiger partial charge in [-0.2, -0.15) is 0 Å². The number of amides is 1. The fourth-order valence-corrected chi connectivity index (χ4v) is 8.78. The van der Waals surface area contributed by atoms with E-state index in [0.717, 1.165) is 57.8 Å². The maximum atomic E-state index is 12.5. The second-order valence-corrected chi connectivity index (χ2v) is 19.7. The van der Waals surface area contributed by atoms with Crippen molar-refractivity contribution in [1.29, 1.82) is 0 Å². The fraction of sp³-hybridized carbons (Fsp3) is 0.790. The Morgan fingerprint density at radius 2 is 0.682 bits per heavy atom. The van der Waals surface area contributed by atoms with Gasteiger partial charge in [0, 0.05) is 6.42 Å². The van der Waals surface area contributed by atoms with E-state index < -0.39 is 12.1 Å². The molecule has 0 heterocycles. The summed E-state index contributed by atoms with van der Waals surface area (Å²) >= 11 is 0. The van der Waals surface area contributed by atoms with Crippen LogP contribution in [0.15, 0.2) is 72.9 Å². The van der Waals surface area contributed by atoms with Gasteiger partial charge in [-0.3, -0.25) is 4.79 Å². The van der Waals surface area contributed by atoms with Crippen molar-refractivity contribution in [1.82, 2.24) is 5.32 Å². The summed E-state index contributed by atoms with van der Waals surface area (Å²) in [7, 11) is 0. The lowest BCUT2D eigenvalue weighted by Crippen LogP contribution is -2.45. The molecule has 66 heavy (non-hydrogen) atoms. The zero-order valence-corrected chi connectivity index (χ0v) is 44.2. The van der Waals surface area contributed by atoms with Crippen molar-refractivity contribution in [2.45, 2.75) is 309 Å². The second kappa shape index (κ2) is 57.1. The highest BCUT2D eigenvalue weighted by atomic mass is 16.3. The van der Waals surface area contributed by atoms with E-state index in [4.69, 9.17) is 0 Å². The van der Waals surface area contributed by atoms with Crippen molar-refractivity contribution < 1.29 is 15.0 Å². The van der Waals surface area contributed by atoms with E-state index in [1.165, 1.54) is 218 Å². The summed E-state index contributed by atoms with van der Waals surface area (Å²) in [4.78, 5) is 12.5. The van der Waals surface area contributed by atoms with E-state index in [-0.39, 0.29) is 12.5 Å². The highest BCUT2D eigenvalue weighted by molar-refractivity contribution is 5.76. The van der Waals surface area contributed by atoms with Crippen LogP contribution >= 0.6 is 0 Å². The van der Waals surface area contributed by atoms with Gasteiger partial charge in [0.2, 0.25) is 5.91 Å². The zero-order valence-electron chi connectivity index (χ0n) is 44.2. The Bertz CT molecular complexity index is 1130. The number of unbranched alkanes of at least 4 members (excludes halogenated alkanes) is 36. The third-order valence-electron chi connectivity index (χ3n) is 13.2. The molecule has 0 aromatic heterocycles. The van der Waals surface area contributed by atoms with Crippen LogP contribution in [0.25, 0.3) is 0 Å². The molecule has 0 rings (SSSR count). The van der Waals surface area contributed by atoms with Crippen molar-refractivity contribution in [3.8, 4) is 0 Å². The smallest absolute Gasteiger partial charge is 0.220 e. The first-order valence-electron chi connectivity index (χ1n) is 29.2. The highest BCUT2D eigenvalue weighted by Gasteiger charge is 2.18. The van der Waals surface area contributed by atoms with Crippen LogP contribution in [0, 0.1) is 0 Å². The van der Waals surface area contributed by atoms with Gasteiger partial charge < -0.3 is 15.5 Å². The first-order valence-corrected chi connectivity index (χ1v) is 29.2. The molecule has 0 aromatic carbocycles. The Kier molecular flexibility index (Phi) is 55.3. The Morgan fingerprint density at radius 1 is 0.379 bits per heavy atom. The summed E-state index contributed by atoms with van der Waals surface area (Å²) in [5.41, 5.74) is 0. The number of hydrogen-bond acceptors (Lipinski definition) is 3. The van der Waals surface area contributed by atoms with E-state index in [1.54, 1.807) is 6.08 Å². The molecule has 0 saturated carbocycles. The van der Waals surface area contributed by atoms with Gasteiger partial charge >= 0.3 is 0 Å². The summed E-state index contributed by atoms with van der Waals surface area (Å²) in [5.74, 6) is -0.0704. The molecule has 0 fully saturated rings. The van der Waals surface area contributed by atoms with Gasteiger partial charge in [0.05, 0.1) is 18.8 Å². The monoisotopic (exact) mass is 920 g/mol. The molecule has 4 heteroatoms. The van der Waals surface area contributed by atoms with Gasteiger partial charge in [-0.25, -0.2) is 0 Å². The Labute approximate surface area is 412 Å². The van der Waals surface area contributed by atoms with E-state index in [0.29, 0.717) is 6.42 Å². The molecule has 0 spiro atoms. The van der Waals surface area contributed by atoms with Crippen LogP contribution in [0.1, 0.15) is 296 Å². The van der Waals surface area contributed by atoms with Crippen LogP contribution < -0.4 is 5.32 Å². The van der Waals surface area contributed by atoms with Gasteiger partial charge in [-0.1, -0.05) is 292 Å². The molecule has 0 aromatic rings. The highest BCUT2D eigenvalue weighted by Crippen LogP contribution is 2.17. The Morgan fingerprint density at radius 3 is 1.06 bits per heavy atom. The second-order valence-electron chi connectivity index (χ2n) is 19.7. The first-order chi connectivity index (χ1) is 32.7. The third-order valence-corrected chi connectivity index (χ3v) is 13.2. The van der Waals surface area contributed by atoms with Gasteiger partial charge in [-0.15, -0.1) is 0 Å². The molecule has 0 radical (unpaired) electrons. The molecule has 2 unspecified atom stereocenters. The van der Waals surface area contributed by atoms with Crippen molar-refractivity contribution in [3.63, 3.8) is 0 Å². The Balaban J connectivity index is 3.47. The minimum Gasteiger partial charge on any atom is -0.394 e. The summed E-state index contributed by atoms with van der Waals surface area (Å²) in [6.45, 7) is 4.20. The number of aliphatic hydroxyl groups is 2. The molecule has 0 aliphatic carbocycles. The number of rotatable bonds is 53. The minimum absolute atomic E-state index is 0.0704. The average Bonchev–Trinajstić information content (AvgIpc) is 3.32. The summed E-state index contributed by atoms with van der Waals surface area (Å²) < 4.78 is 0. The lowest BCUT2D eigenvalue weighted by Gasteiger charge is -2.19. The minimum atomic E-state index is -0.863. The number of carbonyl (C=O) groups excluding carboxylic acids is 1. The predicted octanol–water partition coefficient (Wildman–Crippen LogP) is 19.4. The summed E-state index contributed by atoms with van der Waals surface area (Å²) in [6.07, 6.45) is 82.2. The number of aliphatic hydroxyl groups excluding tert-OH is 2. The molecule has 0 bridgehead atoms. The SMILES string of the molecule is CC/C=C\C/C=C\C/C=C\C/C=C\CCCCCCCCCCCCCCCCCCCCCCCCC(=O)NC(CO)C(O)/C=C/CC/C=C/CCCCCCCCCCCCCCC. The average molecular weight is 921 g/mol. The van der Waals surface area contributed by atoms with Crippen LogP contribution in [0.2, 0.25) is 0 Å². The normalized spacial score (nSPS) is 13.3. The predicted molar refractivity (Wildman–Crippen MR) is 294 cm³/mol. The number of hydrogen-bond donors (Lipinski definition) is 3. The molecule has 4 nitrogen and oxygen atoms in total. The van der Waals surface area contributed by atoms with Gasteiger partial charge in [0.25, 0.3) is 0 Å². The van der Waals surface area contributed by atoms with Crippen LogP contribution in [0.5, 0.6) is 0 Å². The lowest BCUT2D eigenvalue weighted by molar-refractivity contribution is -0.123. The van der Waals surface area contributed by atoms with Gasteiger partial charge in [0.1, 0.15) is 0 Å². The van der Waals surface area contributed by atoms with Crippen LogP contribution in [0.3, 0.4) is 0 Å². The fourth-order valence-electron chi connectivity index (χ4n) is 8.78. The standard InChI is InChI=1S/C62H113NO3/c1-3-5-7-9-11-13-15-17-19-21-23-24-25-26-27-28-29-30-31-32-33-34-35-36-37-38-40-42-44-46-48-50-52-54-56-58-62(66)63-60(59-64)61(65)57-55-53-51-49-47-45-43-41-39-22-20-18-16-14-12-10-8-6-4-2/h5,7,11,13,17,19,23-24,47,49,55,57,60-61,64-65H,3-4,6,8-10,12,14-16,18,20-22,25-46,48,50-54,56,58-59H2,1-2H3,(H,63,66)/b7-5-,13-11-,19-17-,24-23-,49-47+,57-55+. The maximum Gasteiger partial charge on any atom is 0.220 e. The first kappa shape index (κ1) is 63.8. The number of carbonyl (C=O) groups is 1. The quantitative estimate of drug-likeness (QED) is 0.0421. The summed E-state index contributed by atoms with van der Waals surface area (Å²) in [6, 6.07) is -0.640. The van der Waals surface area contributed by atoms with Gasteiger partial charge in [-0.05, 0) is 70.6 Å². The maximum absolute atomic E-state index is 12.5. The van der Waals surface area contributed by atoms with E-state index in [9.17, 15) is 15.0 Å². The van der Waals surface area contributed by atoms with Crippen LogP contribution in [-0.4, -0.2) is 34.9 Å². The molecule has 0 aliphatic rings. The van der Waals surface area contributed by atoms with E-state index >= 15 is 0 Å². The van der Waals surface area contributed by atoms with Crippen LogP contribution in [0.4, 0.5) is 0 Å². The molecular formula is C62H113NO3. The number of allylic oxidation sites excluding steroid dienone is 11. The molecule has 3 N–H and O–H groups in total. The summed E-state index contributed by atoms with van der Waals surface area (Å²) in [5, 5.41) is 23.1. The van der Waals surface area contributed by atoms with Gasteiger partial charge in [0.15, 0.2) is 0 Å². The van der Waals surface area contributed by atoms with Crippen molar-refractivity contribution in [2.24, 2.45) is 0 Å². The zero-order chi connectivity index (χ0) is 47.7. The van der Waals surface area contributed by atoms with Crippen molar-refractivity contribution in [3.05, 3.63) is 72.9 Å². The molecule has 384 valence electrons.